The van der Waals surface area contributed by atoms with Gasteiger partial charge in [0.15, 0.2) is 5.78 Å². The van der Waals surface area contributed by atoms with Crippen molar-refractivity contribution in [3.63, 3.8) is 0 Å². The zero-order chi connectivity index (χ0) is 28.5. The number of benzene rings is 2. The Kier molecular flexibility index (Phi) is 10.2. The number of hydrogen-bond donors (Lipinski definition) is 3. The highest BCUT2D eigenvalue weighted by molar-refractivity contribution is 7.55. The highest BCUT2D eigenvalue weighted by Crippen LogP contribution is 2.57. The van der Waals surface area contributed by atoms with E-state index in [0.29, 0.717) is 43.6 Å². The van der Waals surface area contributed by atoms with Crippen LogP contribution in [0.1, 0.15) is 73.1 Å². The van der Waals surface area contributed by atoms with E-state index < -0.39 is 13.4 Å². The molecule has 2 aliphatic heterocycles. The molecule has 0 spiro atoms. The second-order valence-electron chi connectivity index (χ2n) is 10.1. The predicted octanol–water partition coefficient (Wildman–Crippen LogP) is 4.32. The second kappa shape index (κ2) is 13.8. The number of likely N-dealkylation sites (tertiary alicyclic amines) is 1. The van der Waals surface area contributed by atoms with E-state index in [-0.39, 0.29) is 35.3 Å². The fraction of sp³-hybridized carbons (Fsp3) is 0.483. The SMILES string of the molecule is CCCNC(=O)c1ccc(OP(=O)(Oc2ccc(C(=O)NCCC)cc2)C2CCCN2C(=O)[C@@H]2CCCN2)cc1. The maximum atomic E-state index is 14.6. The normalized spacial score (nSPS) is 18.8. The first-order valence-electron chi connectivity index (χ1n) is 14.1. The third-order valence-electron chi connectivity index (χ3n) is 7.00. The first kappa shape index (κ1) is 29.6. The van der Waals surface area contributed by atoms with Crippen molar-refractivity contribution in [3.8, 4) is 11.5 Å². The molecule has 2 fully saturated rings. The average molecular weight is 571 g/mol. The molecule has 0 saturated carbocycles. The van der Waals surface area contributed by atoms with E-state index in [1.807, 2.05) is 13.8 Å². The van der Waals surface area contributed by atoms with Gasteiger partial charge in [-0.1, -0.05) is 13.8 Å². The average Bonchev–Trinajstić information content (AvgIpc) is 3.68. The quantitative estimate of drug-likeness (QED) is 0.325. The lowest BCUT2D eigenvalue weighted by Gasteiger charge is -2.32. The molecule has 216 valence electrons. The summed E-state index contributed by atoms with van der Waals surface area (Å²) in [6.07, 6.45) is 4.43. The maximum absolute atomic E-state index is 14.6. The summed E-state index contributed by atoms with van der Waals surface area (Å²) < 4.78 is 26.8. The van der Waals surface area contributed by atoms with Gasteiger partial charge in [-0.15, -0.1) is 0 Å². The van der Waals surface area contributed by atoms with E-state index in [9.17, 15) is 18.9 Å². The minimum absolute atomic E-state index is 0.0988. The second-order valence-corrected chi connectivity index (χ2v) is 12.1. The molecule has 2 atom stereocenters. The van der Waals surface area contributed by atoms with Crippen LogP contribution in [0, 0.1) is 0 Å². The van der Waals surface area contributed by atoms with Gasteiger partial charge in [0.1, 0.15) is 11.5 Å². The Morgan fingerprint density at radius 2 is 1.38 bits per heavy atom. The third kappa shape index (κ3) is 7.23. The summed E-state index contributed by atoms with van der Waals surface area (Å²) in [7, 11) is -4.00. The molecule has 0 aliphatic carbocycles. The summed E-state index contributed by atoms with van der Waals surface area (Å²) >= 11 is 0. The lowest BCUT2D eigenvalue weighted by Crippen LogP contribution is -2.46. The number of rotatable bonds is 12. The van der Waals surface area contributed by atoms with Crippen LogP contribution >= 0.6 is 7.60 Å². The minimum atomic E-state index is -4.00. The Labute approximate surface area is 235 Å². The van der Waals surface area contributed by atoms with Crippen molar-refractivity contribution < 1.29 is 28.0 Å². The van der Waals surface area contributed by atoms with E-state index >= 15 is 0 Å². The highest BCUT2D eigenvalue weighted by Gasteiger charge is 2.49. The number of carbonyl (C=O) groups excluding carboxylic acids is 3. The molecule has 2 saturated heterocycles. The van der Waals surface area contributed by atoms with Crippen molar-refractivity contribution in [1.29, 1.82) is 0 Å². The van der Waals surface area contributed by atoms with E-state index in [1.54, 1.807) is 53.4 Å². The van der Waals surface area contributed by atoms with E-state index in [2.05, 4.69) is 16.0 Å². The van der Waals surface area contributed by atoms with Gasteiger partial charge < -0.3 is 29.9 Å². The molecule has 0 aromatic heterocycles. The summed E-state index contributed by atoms with van der Waals surface area (Å²) in [4.78, 5) is 39.6. The molecule has 3 N–H and O–H groups in total. The Morgan fingerprint density at radius 1 is 0.850 bits per heavy atom. The molecule has 0 bridgehead atoms. The lowest BCUT2D eigenvalue weighted by molar-refractivity contribution is -0.132. The van der Waals surface area contributed by atoms with Crippen LogP contribution < -0.4 is 25.0 Å². The highest BCUT2D eigenvalue weighted by atomic mass is 31.2. The molecule has 2 aromatic rings. The van der Waals surface area contributed by atoms with Gasteiger partial charge in [0.2, 0.25) is 5.91 Å². The molecular formula is C29H39N4O6P. The Bertz CT molecular complexity index is 1140. The fourth-order valence-corrected chi connectivity index (χ4v) is 7.06. The molecular weight excluding hydrogens is 531 g/mol. The van der Waals surface area contributed by atoms with Crippen molar-refractivity contribution >= 4 is 25.3 Å². The first-order valence-corrected chi connectivity index (χ1v) is 15.7. The van der Waals surface area contributed by atoms with Crippen molar-refractivity contribution in [2.24, 2.45) is 0 Å². The molecule has 1 unspecified atom stereocenters. The Balaban J connectivity index is 1.58. The largest absolute Gasteiger partial charge is 0.453 e. The lowest BCUT2D eigenvalue weighted by atomic mass is 10.2. The van der Waals surface area contributed by atoms with Crippen LogP contribution in [0.5, 0.6) is 11.5 Å². The van der Waals surface area contributed by atoms with Gasteiger partial charge in [-0.05, 0) is 93.6 Å². The fourth-order valence-electron chi connectivity index (χ4n) is 4.88. The molecule has 40 heavy (non-hydrogen) atoms. The van der Waals surface area contributed by atoms with Gasteiger partial charge in [0.25, 0.3) is 11.8 Å². The van der Waals surface area contributed by atoms with Gasteiger partial charge in [-0.3, -0.25) is 14.4 Å². The van der Waals surface area contributed by atoms with Crippen molar-refractivity contribution in [3.05, 3.63) is 59.7 Å². The van der Waals surface area contributed by atoms with E-state index in [1.165, 1.54) is 0 Å². The molecule has 2 heterocycles. The zero-order valence-corrected chi connectivity index (χ0v) is 24.1. The van der Waals surface area contributed by atoms with Crippen LogP contribution in [0.3, 0.4) is 0 Å². The van der Waals surface area contributed by atoms with Crippen molar-refractivity contribution in [2.45, 2.75) is 64.2 Å². The number of hydrogen-bond acceptors (Lipinski definition) is 7. The van der Waals surface area contributed by atoms with Crippen LogP contribution in [0.2, 0.25) is 0 Å². The van der Waals surface area contributed by atoms with Gasteiger partial charge in [0, 0.05) is 30.8 Å². The molecule has 4 rings (SSSR count). The minimum Gasteiger partial charge on any atom is -0.415 e. The summed E-state index contributed by atoms with van der Waals surface area (Å²) in [6.45, 7) is 6.33. The molecule has 2 aromatic carbocycles. The van der Waals surface area contributed by atoms with Gasteiger partial charge >= 0.3 is 7.60 Å². The summed E-state index contributed by atoms with van der Waals surface area (Å²) in [5.41, 5.74) is 0.914. The van der Waals surface area contributed by atoms with Crippen molar-refractivity contribution in [2.75, 3.05) is 26.2 Å². The maximum Gasteiger partial charge on any atom is 0.453 e. The van der Waals surface area contributed by atoms with E-state index in [4.69, 9.17) is 9.05 Å². The number of nitrogens with one attached hydrogen (secondary N) is 3. The van der Waals surface area contributed by atoms with Crippen LogP contribution in [0.4, 0.5) is 0 Å². The summed E-state index contributed by atoms with van der Waals surface area (Å²) in [5.74, 6) is -0.741. The van der Waals surface area contributed by atoms with Crippen molar-refractivity contribution in [1.82, 2.24) is 20.9 Å². The number of nitrogens with zero attached hydrogens (tertiary/aromatic N) is 1. The van der Waals surface area contributed by atoms with Crippen LogP contribution in [-0.4, -0.2) is 60.6 Å². The molecule has 11 heteroatoms. The van der Waals surface area contributed by atoms with Crippen LogP contribution in [0.25, 0.3) is 0 Å². The third-order valence-corrected chi connectivity index (χ3v) is 9.19. The standard InChI is InChI=1S/C29H39N4O6P/c1-3-17-31-27(34)21-9-13-23(14-10-21)38-40(37,26-8-6-20-33(26)29(36)25-7-5-19-30-25)39-24-15-11-22(12-16-24)28(35)32-18-4-2/h9-16,25-26,30H,3-8,17-20H2,1-2H3,(H,31,34)(H,32,35)/t25-,26?/m0/s1. The number of carbonyl (C=O) groups is 3. The molecule has 2 aliphatic rings. The summed E-state index contributed by atoms with van der Waals surface area (Å²) in [5, 5.41) is 8.88. The van der Waals surface area contributed by atoms with Gasteiger partial charge in [-0.2, -0.15) is 0 Å². The molecule has 10 nitrogen and oxygen atoms in total. The van der Waals surface area contributed by atoms with E-state index in [0.717, 1.165) is 32.2 Å². The Hall–Kier alpha value is -3.36. The Morgan fingerprint density at radius 3 is 1.82 bits per heavy atom. The molecule has 3 amide bonds. The topological polar surface area (TPSA) is 126 Å². The van der Waals surface area contributed by atoms with Gasteiger partial charge in [0.05, 0.1) is 6.04 Å². The molecule has 0 radical (unpaired) electrons. The zero-order valence-electron chi connectivity index (χ0n) is 23.2. The monoisotopic (exact) mass is 570 g/mol. The predicted molar refractivity (Wildman–Crippen MR) is 153 cm³/mol. The summed E-state index contributed by atoms with van der Waals surface area (Å²) in [6, 6.07) is 12.4. The number of amides is 3. The van der Waals surface area contributed by atoms with Crippen LogP contribution in [-0.2, 0) is 9.36 Å². The van der Waals surface area contributed by atoms with Crippen LogP contribution in [0.15, 0.2) is 48.5 Å². The van der Waals surface area contributed by atoms with Gasteiger partial charge in [-0.25, -0.2) is 4.57 Å². The first-order chi connectivity index (χ1) is 19.3. The smallest absolute Gasteiger partial charge is 0.415 e.